The van der Waals surface area contributed by atoms with E-state index >= 15 is 0 Å². The molecule has 1 amide bonds. The maximum atomic E-state index is 13.1. The van der Waals surface area contributed by atoms with Gasteiger partial charge in [-0.2, -0.15) is 0 Å². The number of nitrogens with zero attached hydrogens (tertiary/aromatic N) is 3. The number of ether oxygens (including phenoxy) is 1. The van der Waals surface area contributed by atoms with Gasteiger partial charge in [-0.25, -0.2) is 0 Å². The number of aliphatic hydroxyl groups is 1. The number of amides is 1. The first-order chi connectivity index (χ1) is 15.6. The summed E-state index contributed by atoms with van der Waals surface area (Å²) < 4.78 is 5.66. The van der Waals surface area contributed by atoms with E-state index in [1.165, 1.54) is 4.90 Å². The normalized spacial score (nSPS) is 17.5. The maximum Gasteiger partial charge on any atom is 0.295 e. The average molecular weight is 429 g/mol. The summed E-state index contributed by atoms with van der Waals surface area (Å²) in [6.45, 7) is 2.71. The highest BCUT2D eigenvalue weighted by Gasteiger charge is 2.46. The van der Waals surface area contributed by atoms with E-state index in [0.717, 1.165) is 12.0 Å². The molecule has 162 valence electrons. The first-order valence-electron chi connectivity index (χ1n) is 10.4. The Hall–Kier alpha value is -4.00. The van der Waals surface area contributed by atoms with Gasteiger partial charge in [-0.1, -0.05) is 31.2 Å². The summed E-state index contributed by atoms with van der Waals surface area (Å²) in [5.74, 6) is -1.07. The lowest BCUT2D eigenvalue weighted by molar-refractivity contribution is -0.140. The molecule has 0 bridgehead atoms. The van der Waals surface area contributed by atoms with Crippen LogP contribution >= 0.6 is 0 Å². The zero-order valence-electron chi connectivity index (χ0n) is 17.6. The van der Waals surface area contributed by atoms with Crippen LogP contribution in [0.1, 0.15) is 36.1 Å². The van der Waals surface area contributed by atoms with Gasteiger partial charge in [0.15, 0.2) is 0 Å². The van der Waals surface area contributed by atoms with Crippen LogP contribution in [0.2, 0.25) is 0 Å². The fourth-order valence-corrected chi connectivity index (χ4v) is 3.72. The lowest BCUT2D eigenvalue weighted by Gasteiger charge is -2.25. The molecule has 1 aliphatic rings. The molecule has 32 heavy (non-hydrogen) atoms. The third-order valence-electron chi connectivity index (χ3n) is 5.20. The molecule has 1 atom stereocenters. The van der Waals surface area contributed by atoms with E-state index in [1.807, 2.05) is 13.0 Å². The highest BCUT2D eigenvalue weighted by molar-refractivity contribution is 6.46. The third-order valence-corrected chi connectivity index (χ3v) is 5.20. The smallest absolute Gasteiger partial charge is 0.295 e. The Balaban J connectivity index is 1.80. The summed E-state index contributed by atoms with van der Waals surface area (Å²) in [6.07, 6.45) is 7.35. The summed E-state index contributed by atoms with van der Waals surface area (Å²) in [6, 6.07) is 13.2. The van der Waals surface area contributed by atoms with Gasteiger partial charge in [0.05, 0.1) is 18.2 Å². The quantitative estimate of drug-likeness (QED) is 0.348. The topological polar surface area (TPSA) is 92.6 Å². The average Bonchev–Trinajstić information content (AvgIpc) is 3.08. The first kappa shape index (κ1) is 21.2. The van der Waals surface area contributed by atoms with Crippen LogP contribution in [0.15, 0.2) is 78.9 Å². The van der Waals surface area contributed by atoms with E-state index in [9.17, 15) is 14.7 Å². The minimum Gasteiger partial charge on any atom is -0.507 e. The SMILES string of the molecule is CCCOc1cccc(C(O)=C2C(=O)C(=O)N(Cc3cccnc3)C2c2cccnc2)c1. The number of rotatable bonds is 7. The number of hydrogen-bond donors (Lipinski definition) is 1. The van der Waals surface area contributed by atoms with Gasteiger partial charge < -0.3 is 14.7 Å². The van der Waals surface area contributed by atoms with Crippen molar-refractivity contribution in [1.29, 1.82) is 0 Å². The Morgan fingerprint density at radius 3 is 2.53 bits per heavy atom. The van der Waals surface area contributed by atoms with Gasteiger partial charge in [0.1, 0.15) is 11.5 Å². The van der Waals surface area contributed by atoms with Crippen LogP contribution in [0.3, 0.4) is 0 Å². The van der Waals surface area contributed by atoms with Crippen LogP contribution < -0.4 is 4.74 Å². The van der Waals surface area contributed by atoms with E-state index in [2.05, 4.69) is 9.97 Å². The molecule has 1 N–H and O–H groups in total. The van der Waals surface area contributed by atoms with Gasteiger partial charge in [-0.05, 0) is 41.8 Å². The summed E-state index contributed by atoms with van der Waals surface area (Å²) in [5.41, 5.74) is 1.85. The number of pyridine rings is 2. The van der Waals surface area contributed by atoms with Crippen molar-refractivity contribution in [2.75, 3.05) is 6.61 Å². The lowest BCUT2D eigenvalue weighted by Crippen LogP contribution is -2.29. The zero-order valence-corrected chi connectivity index (χ0v) is 17.6. The fourth-order valence-electron chi connectivity index (χ4n) is 3.72. The minimum atomic E-state index is -0.774. The van der Waals surface area contributed by atoms with Crippen molar-refractivity contribution in [3.8, 4) is 5.75 Å². The van der Waals surface area contributed by atoms with Crippen molar-refractivity contribution in [2.24, 2.45) is 0 Å². The van der Waals surface area contributed by atoms with Crippen molar-refractivity contribution < 1.29 is 19.4 Å². The largest absolute Gasteiger partial charge is 0.507 e. The van der Waals surface area contributed by atoms with Gasteiger partial charge in [-0.3, -0.25) is 19.6 Å². The molecule has 1 fully saturated rings. The van der Waals surface area contributed by atoms with Gasteiger partial charge in [0.2, 0.25) is 0 Å². The molecular weight excluding hydrogens is 406 g/mol. The molecular formula is C25H23N3O4. The first-order valence-corrected chi connectivity index (χ1v) is 10.4. The van der Waals surface area contributed by atoms with Crippen molar-refractivity contribution in [2.45, 2.75) is 25.9 Å². The standard InChI is InChI=1S/C25H23N3O4/c1-2-12-32-20-9-3-7-18(13-20)23(29)21-22(19-8-5-11-27-15-19)28(25(31)24(21)30)16-17-6-4-10-26-14-17/h3-11,13-15,22,29H,2,12,16H2,1H3. The molecule has 7 nitrogen and oxygen atoms in total. The number of benzene rings is 1. The molecule has 0 aliphatic carbocycles. The Kier molecular flexibility index (Phi) is 6.26. The van der Waals surface area contributed by atoms with Crippen LogP contribution in [0.25, 0.3) is 5.76 Å². The second-order valence-electron chi connectivity index (χ2n) is 7.45. The minimum absolute atomic E-state index is 0.0273. The molecule has 0 saturated carbocycles. The molecule has 4 rings (SSSR count). The summed E-state index contributed by atoms with van der Waals surface area (Å²) in [7, 11) is 0. The molecule has 3 heterocycles. The monoisotopic (exact) mass is 429 g/mol. The van der Waals surface area contributed by atoms with Crippen molar-refractivity contribution in [3.05, 3.63) is 95.6 Å². The Labute approximate surface area is 186 Å². The van der Waals surface area contributed by atoms with Crippen LogP contribution in [0.5, 0.6) is 5.75 Å². The third kappa shape index (κ3) is 4.23. The Morgan fingerprint density at radius 2 is 1.84 bits per heavy atom. The fraction of sp³-hybridized carbons (Fsp3) is 0.200. The maximum absolute atomic E-state index is 13.1. The molecule has 1 aromatic carbocycles. The molecule has 1 saturated heterocycles. The highest BCUT2D eigenvalue weighted by atomic mass is 16.5. The van der Waals surface area contributed by atoms with Gasteiger partial charge in [-0.15, -0.1) is 0 Å². The van der Waals surface area contributed by atoms with Crippen LogP contribution in [0.4, 0.5) is 0 Å². The molecule has 0 radical (unpaired) electrons. The van der Waals surface area contributed by atoms with E-state index < -0.39 is 17.7 Å². The lowest BCUT2D eigenvalue weighted by atomic mass is 9.96. The second-order valence-corrected chi connectivity index (χ2v) is 7.45. The molecule has 3 aromatic rings. The number of carbonyl (C=O) groups is 2. The number of likely N-dealkylation sites (tertiary alicyclic amines) is 1. The number of ketones is 1. The number of carbonyl (C=O) groups excluding carboxylic acids is 2. The van der Waals surface area contributed by atoms with Crippen LogP contribution in [-0.2, 0) is 16.1 Å². The van der Waals surface area contributed by atoms with Crippen molar-refractivity contribution in [3.63, 3.8) is 0 Å². The number of aliphatic hydroxyl groups excluding tert-OH is 1. The van der Waals surface area contributed by atoms with E-state index in [0.29, 0.717) is 23.5 Å². The summed E-state index contributed by atoms with van der Waals surface area (Å²) in [4.78, 5) is 35.8. The van der Waals surface area contributed by atoms with E-state index in [1.54, 1.807) is 67.3 Å². The molecule has 1 aliphatic heterocycles. The van der Waals surface area contributed by atoms with Gasteiger partial charge >= 0.3 is 0 Å². The summed E-state index contributed by atoms with van der Waals surface area (Å²) >= 11 is 0. The van der Waals surface area contributed by atoms with Crippen LogP contribution in [0, 0.1) is 0 Å². The zero-order chi connectivity index (χ0) is 22.5. The molecule has 1 unspecified atom stereocenters. The Morgan fingerprint density at radius 1 is 1.06 bits per heavy atom. The van der Waals surface area contributed by atoms with Crippen LogP contribution in [-0.4, -0.2) is 38.3 Å². The van der Waals surface area contributed by atoms with Gasteiger partial charge in [0, 0.05) is 36.9 Å². The van der Waals surface area contributed by atoms with E-state index in [-0.39, 0.29) is 17.9 Å². The molecule has 7 heteroatoms. The second kappa shape index (κ2) is 9.43. The van der Waals surface area contributed by atoms with Gasteiger partial charge in [0.25, 0.3) is 11.7 Å². The predicted octanol–water partition coefficient (Wildman–Crippen LogP) is 3.89. The molecule has 2 aromatic heterocycles. The highest BCUT2D eigenvalue weighted by Crippen LogP contribution is 2.40. The molecule has 0 spiro atoms. The number of aromatic nitrogens is 2. The number of hydrogen-bond acceptors (Lipinski definition) is 6. The summed E-state index contributed by atoms with van der Waals surface area (Å²) in [5, 5.41) is 11.2. The number of Topliss-reactive ketones (excluding diaryl/α,β-unsaturated/α-hetero) is 1. The van der Waals surface area contributed by atoms with Crippen molar-refractivity contribution in [1.82, 2.24) is 14.9 Å². The van der Waals surface area contributed by atoms with E-state index in [4.69, 9.17) is 4.74 Å². The predicted molar refractivity (Wildman–Crippen MR) is 119 cm³/mol. The van der Waals surface area contributed by atoms with Crippen molar-refractivity contribution >= 4 is 17.4 Å². The Bertz CT molecular complexity index is 1150.